The summed E-state index contributed by atoms with van der Waals surface area (Å²) in [6.07, 6.45) is 2.09. The van der Waals surface area contributed by atoms with Gasteiger partial charge >= 0.3 is 0 Å². The predicted molar refractivity (Wildman–Crippen MR) is 101 cm³/mol. The van der Waals surface area contributed by atoms with Gasteiger partial charge in [-0.1, -0.05) is 35.3 Å². The van der Waals surface area contributed by atoms with Crippen LogP contribution in [0.1, 0.15) is 5.56 Å². The third kappa shape index (κ3) is 5.71. The standard InChI is InChI=1S/C18H16Cl2N4O/c19-14-3-1-2-12(8-14)6-7-23-11-13(10-21)18(25)24-17-5-4-15(22)9-16(17)20/h1-5,8-9,11,23H,6-7,22H2,(H,24,25)/b13-11-. The maximum atomic E-state index is 12.1. The highest BCUT2D eigenvalue weighted by molar-refractivity contribution is 6.34. The minimum Gasteiger partial charge on any atom is -0.399 e. The van der Waals surface area contributed by atoms with Crippen molar-refractivity contribution in [2.75, 3.05) is 17.6 Å². The molecule has 5 nitrogen and oxygen atoms in total. The highest BCUT2D eigenvalue weighted by Gasteiger charge is 2.11. The first-order valence-corrected chi connectivity index (χ1v) is 8.19. The first-order valence-electron chi connectivity index (χ1n) is 7.44. The van der Waals surface area contributed by atoms with Crippen LogP contribution in [0.2, 0.25) is 10.0 Å². The number of halogens is 2. The van der Waals surface area contributed by atoms with Gasteiger partial charge < -0.3 is 16.4 Å². The number of nitrogens with one attached hydrogen (secondary N) is 2. The summed E-state index contributed by atoms with van der Waals surface area (Å²) in [5.74, 6) is -0.551. The maximum Gasteiger partial charge on any atom is 0.267 e. The van der Waals surface area contributed by atoms with E-state index in [1.54, 1.807) is 18.2 Å². The minimum atomic E-state index is -0.551. The number of nitrogens with two attached hydrogens (primary N) is 1. The summed E-state index contributed by atoms with van der Waals surface area (Å²) in [5.41, 5.74) is 7.48. The fourth-order valence-electron chi connectivity index (χ4n) is 2.05. The second-order valence-electron chi connectivity index (χ2n) is 5.20. The number of carbonyl (C=O) groups excluding carboxylic acids is 1. The summed E-state index contributed by atoms with van der Waals surface area (Å²) in [4.78, 5) is 12.1. The van der Waals surface area contributed by atoms with Gasteiger partial charge in [0.2, 0.25) is 0 Å². The van der Waals surface area contributed by atoms with Crippen molar-refractivity contribution in [2.45, 2.75) is 6.42 Å². The van der Waals surface area contributed by atoms with Gasteiger partial charge in [-0.15, -0.1) is 0 Å². The van der Waals surface area contributed by atoms with E-state index in [1.165, 1.54) is 12.3 Å². The molecule has 7 heteroatoms. The summed E-state index contributed by atoms with van der Waals surface area (Å²) < 4.78 is 0. The van der Waals surface area contributed by atoms with Gasteiger partial charge in [-0.3, -0.25) is 4.79 Å². The quantitative estimate of drug-likeness (QED) is 0.310. The lowest BCUT2D eigenvalue weighted by atomic mass is 10.1. The van der Waals surface area contributed by atoms with Crippen molar-refractivity contribution < 1.29 is 4.79 Å². The highest BCUT2D eigenvalue weighted by atomic mass is 35.5. The molecule has 0 radical (unpaired) electrons. The number of nitriles is 1. The van der Waals surface area contributed by atoms with Crippen LogP contribution in [-0.4, -0.2) is 12.5 Å². The van der Waals surface area contributed by atoms with E-state index in [9.17, 15) is 4.79 Å². The van der Waals surface area contributed by atoms with Crippen molar-refractivity contribution in [2.24, 2.45) is 0 Å². The first-order chi connectivity index (χ1) is 12.0. The summed E-state index contributed by atoms with van der Waals surface area (Å²) in [7, 11) is 0. The van der Waals surface area contributed by atoms with Gasteiger partial charge in [-0.2, -0.15) is 5.26 Å². The monoisotopic (exact) mass is 374 g/mol. The first kappa shape index (κ1) is 18.7. The molecular formula is C18H16Cl2N4O. The topological polar surface area (TPSA) is 90.9 Å². The van der Waals surface area contributed by atoms with Crippen LogP contribution in [0.5, 0.6) is 0 Å². The summed E-state index contributed by atoms with van der Waals surface area (Å²) >= 11 is 11.9. The van der Waals surface area contributed by atoms with Gasteiger partial charge in [-0.05, 0) is 42.3 Å². The van der Waals surface area contributed by atoms with E-state index in [1.807, 2.05) is 24.3 Å². The third-order valence-electron chi connectivity index (χ3n) is 3.30. The fraction of sp³-hybridized carbons (Fsp3) is 0.111. The Morgan fingerprint density at radius 3 is 2.72 bits per heavy atom. The van der Waals surface area contributed by atoms with Crippen molar-refractivity contribution in [1.29, 1.82) is 5.26 Å². The molecule has 0 fully saturated rings. The van der Waals surface area contributed by atoms with Crippen LogP contribution < -0.4 is 16.4 Å². The SMILES string of the molecule is N#C/C(=C/NCCc1cccc(Cl)c1)C(=O)Nc1ccc(N)cc1Cl. The number of benzene rings is 2. The van der Waals surface area contributed by atoms with E-state index < -0.39 is 5.91 Å². The van der Waals surface area contributed by atoms with Crippen molar-refractivity contribution in [3.8, 4) is 6.07 Å². The van der Waals surface area contributed by atoms with Crippen molar-refractivity contribution in [1.82, 2.24) is 5.32 Å². The molecule has 0 unspecified atom stereocenters. The molecule has 4 N–H and O–H groups in total. The smallest absolute Gasteiger partial charge is 0.267 e. The molecule has 128 valence electrons. The zero-order chi connectivity index (χ0) is 18.2. The summed E-state index contributed by atoms with van der Waals surface area (Å²) in [6.45, 7) is 0.557. The molecule has 0 spiro atoms. The number of amides is 1. The molecule has 0 aliphatic rings. The molecule has 2 aromatic carbocycles. The van der Waals surface area contributed by atoms with Gasteiger partial charge in [0.1, 0.15) is 11.6 Å². The Hall–Kier alpha value is -2.68. The second kappa shape index (κ2) is 8.97. The lowest BCUT2D eigenvalue weighted by Gasteiger charge is -2.07. The number of rotatable bonds is 6. The molecule has 2 aromatic rings. The third-order valence-corrected chi connectivity index (χ3v) is 3.85. The van der Waals surface area contributed by atoms with Crippen molar-refractivity contribution in [3.05, 3.63) is 69.8 Å². The Morgan fingerprint density at radius 2 is 2.04 bits per heavy atom. The number of nitrogens with zero attached hydrogens (tertiary/aromatic N) is 1. The van der Waals surface area contributed by atoms with E-state index in [0.29, 0.717) is 34.4 Å². The molecular weight excluding hydrogens is 359 g/mol. The molecule has 0 aliphatic carbocycles. The molecule has 25 heavy (non-hydrogen) atoms. The fourth-order valence-corrected chi connectivity index (χ4v) is 2.50. The van der Waals surface area contributed by atoms with Crippen molar-refractivity contribution in [3.63, 3.8) is 0 Å². The maximum absolute atomic E-state index is 12.1. The van der Waals surface area contributed by atoms with E-state index in [-0.39, 0.29) is 5.57 Å². The van der Waals surface area contributed by atoms with Crippen LogP contribution in [0, 0.1) is 11.3 Å². The van der Waals surface area contributed by atoms with Gasteiger partial charge in [0.15, 0.2) is 0 Å². The molecule has 0 bridgehead atoms. The van der Waals surface area contributed by atoms with E-state index in [0.717, 1.165) is 5.56 Å². The Labute approximate surface area is 156 Å². The lowest BCUT2D eigenvalue weighted by Crippen LogP contribution is -2.18. The Kier molecular flexibility index (Phi) is 6.70. The van der Waals surface area contributed by atoms with E-state index in [2.05, 4.69) is 10.6 Å². The predicted octanol–water partition coefficient (Wildman–Crippen LogP) is 3.75. The van der Waals surface area contributed by atoms with Crippen LogP contribution in [0.3, 0.4) is 0 Å². The van der Waals surface area contributed by atoms with E-state index >= 15 is 0 Å². The molecule has 0 atom stereocenters. The number of nitrogen functional groups attached to an aromatic ring is 1. The number of hydrogen-bond acceptors (Lipinski definition) is 4. The second-order valence-corrected chi connectivity index (χ2v) is 6.04. The van der Waals surface area contributed by atoms with Gasteiger partial charge in [-0.25, -0.2) is 0 Å². The minimum absolute atomic E-state index is 0.0565. The van der Waals surface area contributed by atoms with Crippen LogP contribution in [0.15, 0.2) is 54.2 Å². The highest BCUT2D eigenvalue weighted by Crippen LogP contribution is 2.24. The average molecular weight is 375 g/mol. The molecule has 0 heterocycles. The zero-order valence-electron chi connectivity index (χ0n) is 13.2. The Morgan fingerprint density at radius 1 is 1.24 bits per heavy atom. The summed E-state index contributed by atoms with van der Waals surface area (Å²) in [6, 6.07) is 14.1. The molecule has 0 aliphatic heterocycles. The zero-order valence-corrected chi connectivity index (χ0v) is 14.7. The lowest BCUT2D eigenvalue weighted by molar-refractivity contribution is -0.112. The number of hydrogen-bond donors (Lipinski definition) is 3. The molecule has 1 amide bonds. The Bertz CT molecular complexity index is 843. The molecule has 2 rings (SSSR count). The van der Waals surface area contributed by atoms with Crippen LogP contribution in [0.25, 0.3) is 0 Å². The molecule has 0 saturated carbocycles. The van der Waals surface area contributed by atoms with E-state index in [4.69, 9.17) is 34.2 Å². The van der Waals surface area contributed by atoms with Gasteiger partial charge in [0.05, 0.1) is 10.7 Å². The van der Waals surface area contributed by atoms with Crippen LogP contribution in [0.4, 0.5) is 11.4 Å². The normalized spacial score (nSPS) is 10.8. The van der Waals surface area contributed by atoms with Crippen LogP contribution >= 0.6 is 23.2 Å². The number of anilines is 2. The molecule has 0 aromatic heterocycles. The van der Waals surface area contributed by atoms with Gasteiger partial charge in [0, 0.05) is 23.5 Å². The van der Waals surface area contributed by atoms with Crippen molar-refractivity contribution >= 4 is 40.5 Å². The average Bonchev–Trinajstić information content (AvgIpc) is 2.57. The molecule has 0 saturated heterocycles. The van der Waals surface area contributed by atoms with Gasteiger partial charge in [0.25, 0.3) is 5.91 Å². The number of carbonyl (C=O) groups is 1. The Balaban J connectivity index is 1.92. The van der Waals surface area contributed by atoms with Crippen LogP contribution in [-0.2, 0) is 11.2 Å². The summed E-state index contributed by atoms with van der Waals surface area (Å²) in [5, 5.41) is 15.7. The largest absolute Gasteiger partial charge is 0.399 e.